The largest absolute Gasteiger partial charge is 0.458 e. The number of ether oxygens (including phenoxy) is 2. The molecule has 170 valence electrons. The van der Waals surface area contributed by atoms with E-state index in [1.807, 2.05) is 30.5 Å². The van der Waals surface area contributed by atoms with Crippen LogP contribution in [0.15, 0.2) is 30.5 Å². The maximum atomic E-state index is 12.8. The molecule has 1 aromatic carbocycles. The number of alkyl carbamates (subject to hydrolysis) is 1. The number of para-hydroxylation sites is 1. The summed E-state index contributed by atoms with van der Waals surface area (Å²) >= 11 is 0. The summed E-state index contributed by atoms with van der Waals surface area (Å²) in [5.41, 5.74) is 0.418. The van der Waals surface area contributed by atoms with Crippen molar-refractivity contribution in [3.63, 3.8) is 0 Å². The molecule has 0 saturated carbocycles. The quantitative estimate of drug-likeness (QED) is 0.607. The lowest BCUT2D eigenvalue weighted by Gasteiger charge is -2.26. The number of hydrogen-bond acceptors (Lipinski definition) is 5. The highest BCUT2D eigenvalue weighted by Crippen LogP contribution is 2.20. The summed E-state index contributed by atoms with van der Waals surface area (Å²) in [6, 6.07) is 5.89. The van der Waals surface area contributed by atoms with E-state index in [4.69, 9.17) is 9.47 Å². The number of benzene rings is 1. The highest BCUT2D eigenvalue weighted by atomic mass is 16.6. The Hall–Kier alpha value is -3.03. The van der Waals surface area contributed by atoms with Crippen LogP contribution in [0, 0.1) is 0 Å². The number of amides is 2. The molecule has 0 aliphatic rings. The van der Waals surface area contributed by atoms with Gasteiger partial charge >= 0.3 is 12.1 Å². The lowest BCUT2D eigenvalue weighted by molar-refractivity contribution is -0.158. The molecule has 2 aromatic rings. The minimum absolute atomic E-state index is 0.240. The first-order valence-corrected chi connectivity index (χ1v) is 10.3. The number of carbonyl (C=O) groups excluding carboxylic acids is 3. The van der Waals surface area contributed by atoms with Gasteiger partial charge in [-0.25, -0.2) is 9.59 Å². The van der Waals surface area contributed by atoms with Crippen LogP contribution in [0.3, 0.4) is 0 Å². The van der Waals surface area contributed by atoms with Gasteiger partial charge in [-0.2, -0.15) is 0 Å². The van der Waals surface area contributed by atoms with Crippen LogP contribution in [0.4, 0.5) is 4.79 Å². The molecule has 2 atom stereocenters. The van der Waals surface area contributed by atoms with Crippen molar-refractivity contribution in [2.45, 2.75) is 78.2 Å². The van der Waals surface area contributed by atoms with Crippen molar-refractivity contribution in [3.8, 4) is 0 Å². The Morgan fingerprint density at radius 1 is 0.968 bits per heavy atom. The van der Waals surface area contributed by atoms with Crippen LogP contribution in [0.1, 0.15) is 54.0 Å². The van der Waals surface area contributed by atoms with Gasteiger partial charge in [0.2, 0.25) is 5.91 Å². The van der Waals surface area contributed by atoms with Gasteiger partial charge in [0.1, 0.15) is 23.3 Å². The zero-order valence-corrected chi connectivity index (χ0v) is 19.3. The lowest BCUT2D eigenvalue weighted by atomic mass is 10.0. The number of fused-ring (bicyclic) bond motifs is 1. The van der Waals surface area contributed by atoms with E-state index in [9.17, 15) is 14.4 Å². The van der Waals surface area contributed by atoms with E-state index < -0.39 is 41.3 Å². The smallest absolute Gasteiger partial charge is 0.408 e. The minimum Gasteiger partial charge on any atom is -0.458 e. The summed E-state index contributed by atoms with van der Waals surface area (Å²) in [5.74, 6) is -1.06. The molecule has 0 saturated heterocycles. The van der Waals surface area contributed by atoms with Gasteiger partial charge < -0.3 is 25.1 Å². The molecular formula is C23H33N3O5. The van der Waals surface area contributed by atoms with Gasteiger partial charge in [-0.05, 0) is 60.1 Å². The fourth-order valence-corrected chi connectivity index (χ4v) is 2.93. The van der Waals surface area contributed by atoms with Gasteiger partial charge in [-0.15, -0.1) is 0 Å². The van der Waals surface area contributed by atoms with Crippen molar-refractivity contribution < 1.29 is 23.9 Å². The number of rotatable bonds is 6. The van der Waals surface area contributed by atoms with Crippen LogP contribution in [0.2, 0.25) is 0 Å². The topological polar surface area (TPSA) is 110 Å². The maximum Gasteiger partial charge on any atom is 0.408 e. The van der Waals surface area contributed by atoms with E-state index in [0.29, 0.717) is 0 Å². The monoisotopic (exact) mass is 431 g/mol. The van der Waals surface area contributed by atoms with Crippen LogP contribution >= 0.6 is 0 Å². The molecule has 8 heteroatoms. The van der Waals surface area contributed by atoms with Gasteiger partial charge in [0.05, 0.1) is 0 Å². The molecule has 0 radical (unpaired) electrons. The number of aromatic nitrogens is 1. The van der Waals surface area contributed by atoms with Crippen molar-refractivity contribution >= 4 is 28.9 Å². The summed E-state index contributed by atoms with van der Waals surface area (Å²) in [7, 11) is 0. The molecule has 0 spiro atoms. The van der Waals surface area contributed by atoms with Crippen molar-refractivity contribution in [1.82, 2.24) is 15.6 Å². The number of H-pyrrole nitrogens is 1. The van der Waals surface area contributed by atoms with Crippen LogP contribution in [0.5, 0.6) is 0 Å². The Morgan fingerprint density at radius 3 is 2.19 bits per heavy atom. The Balaban J connectivity index is 2.15. The van der Waals surface area contributed by atoms with Crippen molar-refractivity contribution in [2.24, 2.45) is 0 Å². The summed E-state index contributed by atoms with van der Waals surface area (Å²) in [5, 5.41) is 6.16. The molecule has 1 aromatic heterocycles. The predicted molar refractivity (Wildman–Crippen MR) is 119 cm³/mol. The molecule has 2 rings (SSSR count). The molecule has 0 aliphatic heterocycles. The molecule has 0 unspecified atom stereocenters. The van der Waals surface area contributed by atoms with E-state index in [1.54, 1.807) is 41.5 Å². The lowest BCUT2D eigenvalue weighted by Crippen LogP contribution is -2.52. The maximum absolute atomic E-state index is 12.8. The highest BCUT2D eigenvalue weighted by molar-refractivity contribution is 5.90. The number of hydrogen-bond donors (Lipinski definition) is 3. The SMILES string of the molecule is C[C@H](NC(=O)OC(C)(C)C)C(=O)N[C@@H](Cc1c[nH]c2ccccc12)C(=O)OC(C)(C)C. The molecule has 3 N–H and O–H groups in total. The van der Waals surface area contributed by atoms with Crippen molar-refractivity contribution in [1.29, 1.82) is 0 Å². The summed E-state index contributed by atoms with van der Waals surface area (Å²) in [6.07, 6.45) is 1.35. The first kappa shape index (κ1) is 24.2. The van der Waals surface area contributed by atoms with Gasteiger partial charge in [-0.3, -0.25) is 4.79 Å². The van der Waals surface area contributed by atoms with E-state index in [1.165, 1.54) is 6.92 Å². The molecule has 0 bridgehead atoms. The Bertz CT molecular complexity index is 937. The molecule has 8 nitrogen and oxygen atoms in total. The molecule has 0 aliphatic carbocycles. The number of aromatic amines is 1. The predicted octanol–water partition coefficient (Wildman–Crippen LogP) is 3.45. The standard InChI is InChI=1S/C23H33N3O5/c1-14(25-21(29)31-23(5,6)7)19(27)26-18(20(28)30-22(2,3)4)12-15-13-24-17-11-9-8-10-16(15)17/h8-11,13-14,18,24H,12H2,1-7H3,(H,25,29)(H,26,27)/t14-,18-/m0/s1. The van der Waals surface area contributed by atoms with E-state index in [0.717, 1.165) is 16.5 Å². The second-order valence-electron chi connectivity index (χ2n) is 9.53. The fourth-order valence-electron chi connectivity index (χ4n) is 2.93. The second-order valence-corrected chi connectivity index (χ2v) is 9.53. The average Bonchev–Trinajstić information content (AvgIpc) is 3.01. The average molecular weight is 432 g/mol. The van der Waals surface area contributed by atoms with Gasteiger partial charge in [0.15, 0.2) is 0 Å². The first-order valence-electron chi connectivity index (χ1n) is 10.3. The third kappa shape index (κ3) is 7.62. The molecule has 0 fully saturated rings. The van der Waals surface area contributed by atoms with Crippen LogP contribution in [-0.2, 0) is 25.5 Å². The van der Waals surface area contributed by atoms with Crippen molar-refractivity contribution in [3.05, 3.63) is 36.0 Å². The number of esters is 1. The zero-order valence-electron chi connectivity index (χ0n) is 19.3. The highest BCUT2D eigenvalue weighted by Gasteiger charge is 2.30. The van der Waals surface area contributed by atoms with Crippen LogP contribution < -0.4 is 10.6 Å². The summed E-state index contributed by atoms with van der Waals surface area (Å²) in [4.78, 5) is 40.7. The van der Waals surface area contributed by atoms with E-state index >= 15 is 0 Å². The van der Waals surface area contributed by atoms with Gasteiger partial charge in [-0.1, -0.05) is 18.2 Å². The van der Waals surface area contributed by atoms with Gasteiger partial charge in [0, 0.05) is 23.5 Å². The minimum atomic E-state index is -0.922. The van der Waals surface area contributed by atoms with Crippen molar-refractivity contribution in [2.75, 3.05) is 0 Å². The fraction of sp³-hybridized carbons (Fsp3) is 0.522. The van der Waals surface area contributed by atoms with Crippen LogP contribution in [-0.4, -0.2) is 46.2 Å². The number of carbonyl (C=O) groups is 3. The normalized spacial score (nSPS) is 13.9. The van der Waals surface area contributed by atoms with Crippen LogP contribution in [0.25, 0.3) is 10.9 Å². The third-order valence-electron chi connectivity index (χ3n) is 4.23. The molecule has 31 heavy (non-hydrogen) atoms. The molecular weight excluding hydrogens is 398 g/mol. The van der Waals surface area contributed by atoms with E-state index in [-0.39, 0.29) is 6.42 Å². The van der Waals surface area contributed by atoms with E-state index in [2.05, 4.69) is 15.6 Å². The molecule has 1 heterocycles. The third-order valence-corrected chi connectivity index (χ3v) is 4.23. The molecule has 2 amide bonds. The Kier molecular flexibility index (Phi) is 7.36. The summed E-state index contributed by atoms with van der Waals surface area (Å²) in [6.45, 7) is 12.0. The summed E-state index contributed by atoms with van der Waals surface area (Å²) < 4.78 is 10.7. The second kappa shape index (κ2) is 9.41. The number of nitrogens with one attached hydrogen (secondary N) is 3. The van der Waals surface area contributed by atoms with Gasteiger partial charge in [0.25, 0.3) is 0 Å². The Labute approximate surface area is 183 Å². The Morgan fingerprint density at radius 2 is 1.58 bits per heavy atom. The zero-order chi connectivity index (χ0) is 23.4. The first-order chi connectivity index (χ1) is 14.2.